The van der Waals surface area contributed by atoms with Crippen molar-refractivity contribution in [2.24, 2.45) is 0 Å². The second-order valence-electron chi connectivity index (χ2n) is 8.09. The van der Waals surface area contributed by atoms with Gasteiger partial charge in [-0.25, -0.2) is 18.3 Å². The summed E-state index contributed by atoms with van der Waals surface area (Å²) in [4.78, 5) is 17.7. The predicted octanol–water partition coefficient (Wildman–Crippen LogP) is 6.91. The number of nitrogens with one attached hydrogen (secondary N) is 1. The largest absolute Gasteiger partial charge is 0.496 e. The van der Waals surface area contributed by atoms with Gasteiger partial charge in [-0.2, -0.15) is 10.2 Å². The number of carbonyl (C=O) groups excluding carboxylic acids is 1. The standard InChI is InChI=1S/C25H17BrCl2F2N6O2/c1-38-21-5-3-2-4-14(21)19-9-20(22(29)30)36-24(32-19)15(10-31-36)25(37)33-23-16(26)12-35(34-23)11-13-6-7-17(27)18(28)8-13/h2-10,12,22H,11H2,1H3,(H,33,34,37). The lowest BCUT2D eigenvalue weighted by Gasteiger charge is -2.11. The molecule has 13 heteroatoms. The first-order valence-corrected chi connectivity index (χ1v) is 12.6. The molecule has 2 aromatic carbocycles. The van der Waals surface area contributed by atoms with Gasteiger partial charge in [0.2, 0.25) is 0 Å². The molecule has 0 spiro atoms. The molecule has 0 aliphatic heterocycles. The molecule has 8 nitrogen and oxygen atoms in total. The van der Waals surface area contributed by atoms with E-state index in [0.29, 0.717) is 32.4 Å². The zero-order valence-corrected chi connectivity index (χ0v) is 22.6. The van der Waals surface area contributed by atoms with Gasteiger partial charge in [0.15, 0.2) is 11.5 Å². The number of ether oxygens (including phenoxy) is 1. The molecule has 0 saturated heterocycles. The molecule has 38 heavy (non-hydrogen) atoms. The first-order chi connectivity index (χ1) is 18.2. The summed E-state index contributed by atoms with van der Waals surface area (Å²) in [6.45, 7) is 0.365. The molecule has 5 rings (SSSR count). The van der Waals surface area contributed by atoms with Crippen LogP contribution in [-0.2, 0) is 6.54 Å². The van der Waals surface area contributed by atoms with E-state index in [1.54, 1.807) is 47.3 Å². The number of fused-ring (bicyclic) bond motifs is 1. The van der Waals surface area contributed by atoms with Gasteiger partial charge in [-0.15, -0.1) is 0 Å². The summed E-state index contributed by atoms with van der Waals surface area (Å²) in [5.41, 5.74) is 1.11. The third-order valence-corrected chi connectivity index (χ3v) is 6.95. The maximum absolute atomic E-state index is 14.0. The Hall–Kier alpha value is -3.54. The number of hydrogen-bond acceptors (Lipinski definition) is 5. The molecule has 194 valence electrons. The van der Waals surface area contributed by atoms with Crippen molar-refractivity contribution in [3.63, 3.8) is 0 Å². The van der Waals surface area contributed by atoms with E-state index in [2.05, 4.69) is 36.4 Å². The highest BCUT2D eigenvalue weighted by molar-refractivity contribution is 9.10. The highest BCUT2D eigenvalue weighted by Crippen LogP contribution is 2.32. The van der Waals surface area contributed by atoms with Gasteiger partial charge in [-0.1, -0.05) is 41.4 Å². The predicted molar refractivity (Wildman–Crippen MR) is 143 cm³/mol. The molecule has 1 amide bonds. The normalized spacial score (nSPS) is 11.3. The van der Waals surface area contributed by atoms with E-state index in [4.69, 9.17) is 27.9 Å². The Bertz CT molecular complexity index is 1670. The van der Waals surface area contributed by atoms with Crippen molar-refractivity contribution in [1.82, 2.24) is 24.4 Å². The fourth-order valence-corrected chi connectivity index (χ4v) is 4.59. The van der Waals surface area contributed by atoms with Crippen LogP contribution < -0.4 is 10.1 Å². The summed E-state index contributed by atoms with van der Waals surface area (Å²) in [6.07, 6.45) is 0.00751. The van der Waals surface area contributed by atoms with Crippen molar-refractivity contribution in [2.75, 3.05) is 12.4 Å². The molecule has 5 aromatic rings. The number of nitrogens with zero attached hydrogens (tertiary/aromatic N) is 5. The zero-order valence-electron chi connectivity index (χ0n) is 19.5. The summed E-state index contributed by atoms with van der Waals surface area (Å²) in [6, 6.07) is 13.3. The van der Waals surface area contributed by atoms with Gasteiger partial charge in [-0.05, 0) is 51.8 Å². The van der Waals surface area contributed by atoms with Crippen molar-refractivity contribution in [3.05, 3.63) is 92.3 Å². The lowest BCUT2D eigenvalue weighted by Crippen LogP contribution is -2.14. The molecule has 3 aromatic heterocycles. The van der Waals surface area contributed by atoms with E-state index in [9.17, 15) is 13.6 Å². The molecule has 0 saturated carbocycles. The van der Waals surface area contributed by atoms with E-state index in [0.717, 1.165) is 10.1 Å². The van der Waals surface area contributed by atoms with Crippen LogP contribution in [-0.4, -0.2) is 37.4 Å². The van der Waals surface area contributed by atoms with Crippen molar-refractivity contribution >= 4 is 56.5 Å². The minimum Gasteiger partial charge on any atom is -0.496 e. The Kier molecular flexibility index (Phi) is 7.33. The molecule has 0 radical (unpaired) electrons. The Labute approximate surface area is 233 Å². The number of para-hydroxylation sites is 1. The van der Waals surface area contributed by atoms with Crippen LogP contribution in [0.1, 0.15) is 28.0 Å². The average molecular weight is 622 g/mol. The van der Waals surface area contributed by atoms with Gasteiger partial charge in [0.25, 0.3) is 12.3 Å². The monoisotopic (exact) mass is 620 g/mol. The molecule has 3 heterocycles. The Morgan fingerprint density at radius 1 is 1.16 bits per heavy atom. The molecule has 0 aliphatic rings. The Balaban J connectivity index is 1.48. The van der Waals surface area contributed by atoms with Gasteiger partial charge in [0, 0.05) is 11.8 Å². The number of rotatable bonds is 7. The first-order valence-electron chi connectivity index (χ1n) is 11.0. The van der Waals surface area contributed by atoms with E-state index in [1.165, 1.54) is 19.4 Å². The quantitative estimate of drug-likeness (QED) is 0.213. The number of halogens is 5. The molecule has 0 bridgehead atoms. The first kappa shape index (κ1) is 26.1. The summed E-state index contributed by atoms with van der Waals surface area (Å²) in [5, 5.41) is 11.9. The number of methoxy groups -OCH3 is 1. The molecule has 0 atom stereocenters. The lowest BCUT2D eigenvalue weighted by molar-refractivity contribution is 0.102. The zero-order chi connectivity index (χ0) is 27.0. The average Bonchev–Trinajstić information content (AvgIpc) is 3.48. The van der Waals surface area contributed by atoms with Gasteiger partial charge >= 0.3 is 0 Å². The summed E-state index contributed by atoms with van der Waals surface area (Å²) >= 11 is 15.5. The minimum absolute atomic E-state index is 0.00502. The number of amides is 1. The van der Waals surface area contributed by atoms with E-state index < -0.39 is 18.0 Å². The number of carbonyl (C=O) groups is 1. The van der Waals surface area contributed by atoms with Crippen molar-refractivity contribution in [1.29, 1.82) is 0 Å². The van der Waals surface area contributed by atoms with Crippen LogP contribution in [0.5, 0.6) is 5.75 Å². The van der Waals surface area contributed by atoms with Crippen LogP contribution >= 0.6 is 39.1 Å². The number of hydrogen-bond donors (Lipinski definition) is 1. The van der Waals surface area contributed by atoms with Gasteiger partial charge in [-0.3, -0.25) is 9.48 Å². The molecule has 0 unspecified atom stereocenters. The van der Waals surface area contributed by atoms with E-state index >= 15 is 0 Å². The summed E-state index contributed by atoms with van der Waals surface area (Å²) in [7, 11) is 1.47. The Morgan fingerprint density at radius 2 is 1.95 bits per heavy atom. The maximum Gasteiger partial charge on any atom is 0.280 e. The van der Waals surface area contributed by atoms with Crippen molar-refractivity contribution in [2.45, 2.75) is 13.0 Å². The number of alkyl halides is 2. The molecular weight excluding hydrogens is 605 g/mol. The lowest BCUT2D eigenvalue weighted by atomic mass is 10.1. The maximum atomic E-state index is 14.0. The molecular formula is C25H17BrCl2F2N6O2. The van der Waals surface area contributed by atoms with Crippen LogP contribution in [0.15, 0.2) is 65.4 Å². The number of anilines is 1. The van der Waals surface area contributed by atoms with Crippen molar-refractivity contribution in [3.8, 4) is 17.0 Å². The Morgan fingerprint density at radius 3 is 2.68 bits per heavy atom. The summed E-state index contributed by atoms with van der Waals surface area (Å²) in [5.74, 6) is 0.0567. The summed E-state index contributed by atoms with van der Waals surface area (Å²) < 4.78 is 36.3. The number of benzene rings is 2. The van der Waals surface area contributed by atoms with E-state index in [-0.39, 0.29) is 22.7 Å². The third-order valence-electron chi connectivity index (χ3n) is 5.63. The minimum atomic E-state index is -2.86. The highest BCUT2D eigenvalue weighted by atomic mass is 79.9. The molecule has 0 aliphatic carbocycles. The topological polar surface area (TPSA) is 86.3 Å². The van der Waals surface area contributed by atoms with Crippen molar-refractivity contribution < 1.29 is 18.3 Å². The second kappa shape index (κ2) is 10.7. The second-order valence-corrected chi connectivity index (χ2v) is 9.76. The molecule has 1 N–H and O–H groups in total. The van der Waals surface area contributed by atoms with Gasteiger partial charge in [0.1, 0.15) is 17.0 Å². The third kappa shape index (κ3) is 5.09. The van der Waals surface area contributed by atoms with Crippen LogP contribution in [0.2, 0.25) is 10.0 Å². The fourth-order valence-electron chi connectivity index (χ4n) is 3.86. The van der Waals surface area contributed by atoms with Crippen LogP contribution in [0, 0.1) is 0 Å². The van der Waals surface area contributed by atoms with Crippen LogP contribution in [0.3, 0.4) is 0 Å². The fraction of sp³-hybridized carbons (Fsp3) is 0.120. The van der Waals surface area contributed by atoms with Crippen LogP contribution in [0.25, 0.3) is 16.9 Å². The van der Waals surface area contributed by atoms with Gasteiger partial charge < -0.3 is 10.1 Å². The number of aromatic nitrogens is 5. The highest BCUT2D eigenvalue weighted by Gasteiger charge is 2.23. The van der Waals surface area contributed by atoms with Crippen LogP contribution in [0.4, 0.5) is 14.6 Å². The smallest absolute Gasteiger partial charge is 0.280 e. The molecule has 0 fully saturated rings. The van der Waals surface area contributed by atoms with E-state index in [1.807, 2.05) is 6.07 Å². The van der Waals surface area contributed by atoms with Gasteiger partial charge in [0.05, 0.1) is 40.1 Å². The SMILES string of the molecule is COc1ccccc1-c1cc(C(F)F)n2ncc(C(=O)Nc3nn(Cc4ccc(Cl)c(Cl)c4)cc3Br)c2n1.